The predicted octanol–water partition coefficient (Wildman–Crippen LogP) is 3.40. The van der Waals surface area contributed by atoms with Crippen LogP contribution < -0.4 is 10.1 Å². The number of hydrogen-bond acceptors (Lipinski definition) is 5. The number of amides is 1. The van der Waals surface area contributed by atoms with Crippen LogP contribution in [-0.2, 0) is 14.3 Å². The molecule has 1 rings (SSSR count). The molecule has 0 saturated carbocycles. The fourth-order valence-electron chi connectivity index (χ4n) is 1.94. The van der Waals surface area contributed by atoms with Gasteiger partial charge in [-0.15, -0.1) is 0 Å². The molecule has 24 heavy (non-hydrogen) atoms. The van der Waals surface area contributed by atoms with Gasteiger partial charge >= 0.3 is 5.97 Å². The largest absolute Gasteiger partial charge is 0.490 e. The highest BCUT2D eigenvalue weighted by Gasteiger charge is 2.31. The minimum absolute atomic E-state index is 0.0364. The lowest BCUT2D eigenvalue weighted by Gasteiger charge is -2.25. The smallest absolute Gasteiger partial charge is 0.341 e. The van der Waals surface area contributed by atoms with E-state index in [1.54, 1.807) is 25.1 Å². The van der Waals surface area contributed by atoms with Crippen molar-refractivity contribution >= 4 is 17.6 Å². The summed E-state index contributed by atoms with van der Waals surface area (Å²) in [5.41, 5.74) is -0.183. The average molecular weight is 337 g/mol. The molecule has 0 aliphatic carbocycles. The first kappa shape index (κ1) is 20.0. The van der Waals surface area contributed by atoms with E-state index in [1.807, 2.05) is 20.8 Å². The van der Waals surface area contributed by atoms with Gasteiger partial charge in [-0.25, -0.2) is 4.79 Å². The number of carbonyl (C=O) groups excluding carboxylic acids is 2. The van der Waals surface area contributed by atoms with Gasteiger partial charge in [0, 0.05) is 12.8 Å². The third-order valence-electron chi connectivity index (χ3n) is 4.15. The van der Waals surface area contributed by atoms with E-state index in [0.717, 1.165) is 6.42 Å². The van der Waals surface area contributed by atoms with Crippen LogP contribution in [0.25, 0.3) is 0 Å². The van der Waals surface area contributed by atoms with Crippen molar-refractivity contribution in [3.05, 3.63) is 23.8 Å². The van der Waals surface area contributed by atoms with Gasteiger partial charge in [-0.05, 0) is 44.9 Å². The summed E-state index contributed by atoms with van der Waals surface area (Å²) in [6, 6.07) is 4.89. The van der Waals surface area contributed by atoms with E-state index < -0.39 is 11.6 Å². The van der Waals surface area contributed by atoms with Gasteiger partial charge < -0.3 is 19.5 Å². The Balaban J connectivity index is 3.10. The van der Waals surface area contributed by atoms with Crippen molar-refractivity contribution < 1.29 is 23.8 Å². The van der Waals surface area contributed by atoms with Crippen molar-refractivity contribution in [1.29, 1.82) is 0 Å². The quantitative estimate of drug-likeness (QED) is 0.736. The van der Waals surface area contributed by atoms with Crippen LogP contribution in [0.15, 0.2) is 18.2 Å². The Labute approximate surface area is 143 Å². The second-order valence-corrected chi connectivity index (χ2v) is 5.78. The maximum absolute atomic E-state index is 12.4. The summed E-state index contributed by atoms with van der Waals surface area (Å²) in [4.78, 5) is 24.4. The van der Waals surface area contributed by atoms with E-state index in [9.17, 15) is 9.59 Å². The molecule has 0 aromatic heterocycles. The van der Waals surface area contributed by atoms with Gasteiger partial charge in [0.25, 0.3) is 5.91 Å². The molecule has 1 aromatic carbocycles. The summed E-state index contributed by atoms with van der Waals surface area (Å²) in [5.74, 6) is -0.368. The molecule has 0 radical (unpaired) electrons. The third-order valence-corrected chi connectivity index (χ3v) is 4.15. The number of carbonyl (C=O) groups is 2. The fraction of sp³-hybridized carbons (Fsp3) is 0.556. The molecule has 0 aliphatic rings. The molecule has 134 valence electrons. The molecular formula is C18H27NO5. The summed E-state index contributed by atoms with van der Waals surface area (Å²) >= 11 is 0. The van der Waals surface area contributed by atoms with Crippen molar-refractivity contribution in [2.45, 2.75) is 52.2 Å². The molecule has 0 heterocycles. The second kappa shape index (κ2) is 8.68. The zero-order valence-corrected chi connectivity index (χ0v) is 15.3. The van der Waals surface area contributed by atoms with Gasteiger partial charge in [0.05, 0.1) is 13.2 Å². The number of ether oxygens (including phenoxy) is 3. The number of hydrogen-bond donors (Lipinski definition) is 1. The van der Waals surface area contributed by atoms with Crippen LogP contribution in [0, 0.1) is 0 Å². The Morgan fingerprint density at radius 2 is 1.92 bits per heavy atom. The average Bonchev–Trinajstić information content (AvgIpc) is 2.61. The van der Waals surface area contributed by atoms with E-state index in [4.69, 9.17) is 14.2 Å². The van der Waals surface area contributed by atoms with E-state index in [1.165, 1.54) is 14.2 Å². The van der Waals surface area contributed by atoms with Gasteiger partial charge in [0.15, 0.2) is 0 Å². The number of anilines is 1. The van der Waals surface area contributed by atoms with Crippen LogP contribution in [0.3, 0.4) is 0 Å². The number of nitrogens with one attached hydrogen (secondary N) is 1. The van der Waals surface area contributed by atoms with E-state index in [0.29, 0.717) is 17.9 Å². The molecule has 6 heteroatoms. The third kappa shape index (κ3) is 4.71. The summed E-state index contributed by atoms with van der Waals surface area (Å²) < 4.78 is 15.8. The molecule has 0 unspecified atom stereocenters. The molecular weight excluding hydrogens is 310 g/mol. The zero-order chi connectivity index (χ0) is 18.3. The lowest BCUT2D eigenvalue weighted by molar-refractivity contribution is -0.136. The SMILES string of the molecule is CC[C@H](C)Oc1ccc(NC(=O)[C@](C)(CC)OC)cc1C(=O)OC. The molecule has 0 aliphatic heterocycles. The van der Waals surface area contributed by atoms with E-state index in [-0.39, 0.29) is 17.6 Å². The van der Waals surface area contributed by atoms with Gasteiger partial charge in [-0.1, -0.05) is 13.8 Å². The topological polar surface area (TPSA) is 73.9 Å². The fourth-order valence-corrected chi connectivity index (χ4v) is 1.94. The minimum Gasteiger partial charge on any atom is -0.490 e. The molecule has 6 nitrogen and oxygen atoms in total. The normalized spacial score (nSPS) is 14.4. The van der Waals surface area contributed by atoms with Gasteiger partial charge in [-0.3, -0.25) is 4.79 Å². The van der Waals surface area contributed by atoms with Crippen molar-refractivity contribution in [2.24, 2.45) is 0 Å². The predicted molar refractivity (Wildman–Crippen MR) is 92.5 cm³/mol. The standard InChI is InChI=1S/C18H27NO5/c1-7-12(3)24-15-10-9-13(11-14(15)16(20)22-5)19-17(21)18(4,8-2)23-6/h9-12H,7-8H2,1-6H3,(H,19,21)/t12-,18-/m0/s1. The molecule has 0 fully saturated rings. The summed E-state index contributed by atoms with van der Waals surface area (Å²) in [5, 5.41) is 2.77. The molecule has 1 amide bonds. The monoisotopic (exact) mass is 337 g/mol. The Kier molecular flexibility index (Phi) is 7.22. The molecule has 2 atom stereocenters. The van der Waals surface area contributed by atoms with Crippen molar-refractivity contribution in [3.8, 4) is 5.75 Å². The molecule has 1 aromatic rings. The Morgan fingerprint density at radius 3 is 2.42 bits per heavy atom. The Bertz CT molecular complexity index is 581. The first-order valence-electron chi connectivity index (χ1n) is 8.06. The number of methoxy groups -OCH3 is 2. The zero-order valence-electron chi connectivity index (χ0n) is 15.3. The summed E-state index contributed by atoms with van der Waals surface area (Å²) in [7, 11) is 2.80. The summed E-state index contributed by atoms with van der Waals surface area (Å²) in [6.07, 6.45) is 1.29. The molecule has 0 saturated heterocycles. The maximum atomic E-state index is 12.4. The van der Waals surface area contributed by atoms with Crippen molar-refractivity contribution in [2.75, 3.05) is 19.5 Å². The van der Waals surface area contributed by atoms with Gasteiger partial charge in [-0.2, -0.15) is 0 Å². The van der Waals surface area contributed by atoms with Crippen LogP contribution in [0.5, 0.6) is 5.75 Å². The Morgan fingerprint density at radius 1 is 1.25 bits per heavy atom. The first-order chi connectivity index (χ1) is 11.3. The number of esters is 1. The first-order valence-corrected chi connectivity index (χ1v) is 8.06. The van der Waals surface area contributed by atoms with Crippen LogP contribution in [0.2, 0.25) is 0 Å². The van der Waals surface area contributed by atoms with Crippen molar-refractivity contribution in [3.63, 3.8) is 0 Å². The summed E-state index contributed by atoms with van der Waals surface area (Å²) in [6.45, 7) is 7.49. The molecule has 0 spiro atoms. The number of benzene rings is 1. The molecule has 0 bridgehead atoms. The number of rotatable bonds is 8. The van der Waals surface area contributed by atoms with Crippen molar-refractivity contribution in [1.82, 2.24) is 0 Å². The highest BCUT2D eigenvalue weighted by Crippen LogP contribution is 2.26. The maximum Gasteiger partial charge on any atom is 0.341 e. The van der Waals surface area contributed by atoms with Crippen LogP contribution in [0.1, 0.15) is 50.9 Å². The van der Waals surface area contributed by atoms with E-state index >= 15 is 0 Å². The van der Waals surface area contributed by atoms with Gasteiger partial charge in [0.1, 0.15) is 16.9 Å². The van der Waals surface area contributed by atoms with Crippen LogP contribution in [0.4, 0.5) is 5.69 Å². The second-order valence-electron chi connectivity index (χ2n) is 5.78. The Hall–Kier alpha value is -2.08. The van der Waals surface area contributed by atoms with E-state index in [2.05, 4.69) is 5.32 Å². The lowest BCUT2D eigenvalue weighted by atomic mass is 10.0. The highest BCUT2D eigenvalue weighted by atomic mass is 16.5. The van der Waals surface area contributed by atoms with Crippen LogP contribution >= 0.6 is 0 Å². The lowest BCUT2D eigenvalue weighted by Crippen LogP contribution is -2.41. The van der Waals surface area contributed by atoms with Crippen LogP contribution in [-0.4, -0.2) is 37.8 Å². The van der Waals surface area contributed by atoms with Gasteiger partial charge in [0.2, 0.25) is 0 Å². The minimum atomic E-state index is -0.933. The molecule has 1 N–H and O–H groups in total. The highest BCUT2D eigenvalue weighted by molar-refractivity contribution is 5.99.